The molecule has 2 aliphatic rings. The molecule has 0 radical (unpaired) electrons. The zero-order chi connectivity index (χ0) is 20.5. The quantitative estimate of drug-likeness (QED) is 0.629. The van der Waals surface area contributed by atoms with Crippen LogP contribution in [0.2, 0.25) is 5.02 Å². The largest absolute Gasteiger partial charge is 0.466 e. The minimum atomic E-state index is -3.83. The molecular formula is C18H24ClNO6S2. The highest BCUT2D eigenvalue weighted by Gasteiger charge is 2.48. The third-order valence-electron chi connectivity index (χ3n) is 5.43. The van der Waals surface area contributed by atoms with E-state index in [4.69, 9.17) is 16.3 Å². The maximum absolute atomic E-state index is 13.1. The Morgan fingerprint density at radius 1 is 1.18 bits per heavy atom. The lowest BCUT2D eigenvalue weighted by Gasteiger charge is -2.36. The fourth-order valence-corrected chi connectivity index (χ4v) is 8.92. The van der Waals surface area contributed by atoms with Crippen LogP contribution in [0.3, 0.4) is 0 Å². The van der Waals surface area contributed by atoms with Gasteiger partial charge < -0.3 is 4.74 Å². The van der Waals surface area contributed by atoms with Crippen LogP contribution in [0, 0.1) is 5.92 Å². The fraction of sp³-hybridized carbons (Fsp3) is 0.611. The summed E-state index contributed by atoms with van der Waals surface area (Å²) in [6, 6.07) is 5.17. The molecule has 1 aromatic rings. The van der Waals surface area contributed by atoms with Crippen molar-refractivity contribution in [2.24, 2.45) is 5.92 Å². The van der Waals surface area contributed by atoms with Gasteiger partial charge in [0.15, 0.2) is 19.7 Å². The van der Waals surface area contributed by atoms with Crippen LogP contribution in [-0.4, -0.2) is 70.2 Å². The third-order valence-corrected chi connectivity index (χ3v) is 9.82. The first-order valence-corrected chi connectivity index (χ1v) is 13.0. The third kappa shape index (κ3) is 4.53. The van der Waals surface area contributed by atoms with Gasteiger partial charge in [0, 0.05) is 11.1 Å². The number of carbonyl (C=O) groups excluding carboxylic acids is 1. The first-order valence-electron chi connectivity index (χ1n) is 9.24. The summed E-state index contributed by atoms with van der Waals surface area (Å²) in [5.41, 5.74) is 0. The number of hydrogen-bond acceptors (Lipinski definition) is 7. The lowest BCUT2D eigenvalue weighted by atomic mass is 9.95. The zero-order valence-electron chi connectivity index (χ0n) is 15.6. The summed E-state index contributed by atoms with van der Waals surface area (Å²) in [5.74, 6) is -1.04. The van der Waals surface area contributed by atoms with E-state index in [2.05, 4.69) is 0 Å². The molecule has 2 saturated heterocycles. The van der Waals surface area contributed by atoms with Gasteiger partial charge in [-0.25, -0.2) is 16.8 Å². The van der Waals surface area contributed by atoms with Crippen LogP contribution in [-0.2, 0) is 29.2 Å². The van der Waals surface area contributed by atoms with Crippen molar-refractivity contribution in [3.05, 3.63) is 29.3 Å². The van der Waals surface area contributed by atoms with Crippen molar-refractivity contribution in [1.29, 1.82) is 0 Å². The van der Waals surface area contributed by atoms with E-state index in [1.54, 1.807) is 6.92 Å². The number of rotatable bonds is 5. The second kappa shape index (κ2) is 8.30. The van der Waals surface area contributed by atoms with Gasteiger partial charge in [-0.2, -0.15) is 0 Å². The SMILES string of the molecule is CCOC(=O)C1CCN([C@@H]2CS(=O)(=O)C[C@H]2S(=O)(=O)c2ccc(Cl)cc2)CC1. The fourth-order valence-electron chi connectivity index (χ4n) is 3.96. The number of halogens is 1. The van der Waals surface area contributed by atoms with Gasteiger partial charge in [-0.3, -0.25) is 9.69 Å². The number of likely N-dealkylation sites (tertiary alicyclic amines) is 1. The van der Waals surface area contributed by atoms with Crippen molar-refractivity contribution in [2.45, 2.75) is 36.0 Å². The molecule has 2 heterocycles. The van der Waals surface area contributed by atoms with Crippen molar-refractivity contribution in [2.75, 3.05) is 31.2 Å². The van der Waals surface area contributed by atoms with E-state index in [9.17, 15) is 21.6 Å². The Morgan fingerprint density at radius 2 is 1.79 bits per heavy atom. The highest BCUT2D eigenvalue weighted by atomic mass is 35.5. The first-order chi connectivity index (χ1) is 13.1. The molecule has 1 aromatic carbocycles. The average Bonchev–Trinajstić information content (AvgIpc) is 2.99. The second-order valence-electron chi connectivity index (χ2n) is 7.24. The van der Waals surface area contributed by atoms with Crippen molar-refractivity contribution < 1.29 is 26.4 Å². The van der Waals surface area contributed by atoms with Crippen molar-refractivity contribution >= 4 is 37.2 Å². The first kappa shape index (κ1) is 21.5. The van der Waals surface area contributed by atoms with Crippen molar-refractivity contribution in [3.8, 4) is 0 Å². The molecule has 28 heavy (non-hydrogen) atoms. The second-order valence-corrected chi connectivity index (χ2v) is 12.0. The van der Waals surface area contributed by atoms with E-state index in [0.29, 0.717) is 37.6 Å². The van der Waals surface area contributed by atoms with Crippen LogP contribution < -0.4 is 0 Å². The summed E-state index contributed by atoms with van der Waals surface area (Å²) < 4.78 is 55.9. The Kier molecular flexibility index (Phi) is 6.38. The minimum absolute atomic E-state index is 0.0745. The molecule has 3 rings (SSSR count). The maximum atomic E-state index is 13.1. The molecule has 0 spiro atoms. The van der Waals surface area contributed by atoms with Gasteiger partial charge >= 0.3 is 5.97 Å². The number of carbonyl (C=O) groups is 1. The van der Waals surface area contributed by atoms with Gasteiger partial charge in [-0.15, -0.1) is 0 Å². The van der Waals surface area contributed by atoms with Crippen LogP contribution in [0.5, 0.6) is 0 Å². The zero-order valence-corrected chi connectivity index (χ0v) is 18.0. The Labute approximate surface area is 170 Å². The van der Waals surface area contributed by atoms with Gasteiger partial charge in [0.25, 0.3) is 0 Å². The average molecular weight is 450 g/mol. The molecule has 2 aliphatic heterocycles. The summed E-state index contributed by atoms with van der Waals surface area (Å²) in [7, 11) is -7.30. The van der Waals surface area contributed by atoms with Gasteiger partial charge in [0.05, 0.1) is 34.2 Å². The molecule has 0 aromatic heterocycles. The van der Waals surface area contributed by atoms with E-state index in [-0.39, 0.29) is 28.3 Å². The molecular weight excluding hydrogens is 426 g/mol. The molecule has 2 atom stereocenters. The van der Waals surface area contributed by atoms with Gasteiger partial charge in [-0.1, -0.05) is 11.6 Å². The van der Waals surface area contributed by atoms with Crippen LogP contribution in [0.25, 0.3) is 0 Å². The normalized spacial score (nSPS) is 26.2. The molecule has 156 valence electrons. The summed E-state index contributed by atoms with van der Waals surface area (Å²) in [4.78, 5) is 13.9. The predicted octanol–water partition coefficient (Wildman–Crippen LogP) is 1.55. The summed E-state index contributed by atoms with van der Waals surface area (Å²) in [6.45, 7) is 3.01. The molecule has 10 heteroatoms. The van der Waals surface area contributed by atoms with Crippen molar-refractivity contribution in [3.63, 3.8) is 0 Å². The molecule has 0 saturated carbocycles. The number of hydrogen-bond donors (Lipinski definition) is 0. The summed E-state index contributed by atoms with van der Waals surface area (Å²) in [5, 5.41) is -0.617. The minimum Gasteiger partial charge on any atom is -0.466 e. The highest BCUT2D eigenvalue weighted by molar-refractivity contribution is 7.96. The lowest BCUT2D eigenvalue weighted by Crippen LogP contribution is -2.50. The summed E-state index contributed by atoms with van der Waals surface area (Å²) >= 11 is 5.84. The Balaban J connectivity index is 1.80. The number of esters is 1. The monoisotopic (exact) mass is 449 g/mol. The molecule has 0 amide bonds. The lowest BCUT2D eigenvalue weighted by molar-refractivity contribution is -0.149. The number of nitrogens with zero attached hydrogens (tertiary/aromatic N) is 1. The number of ether oxygens (including phenoxy) is 1. The van der Waals surface area contributed by atoms with E-state index >= 15 is 0 Å². The van der Waals surface area contributed by atoms with E-state index < -0.39 is 31.0 Å². The van der Waals surface area contributed by atoms with Crippen LogP contribution in [0.4, 0.5) is 0 Å². The molecule has 2 fully saturated rings. The van der Waals surface area contributed by atoms with Crippen LogP contribution >= 0.6 is 11.6 Å². The van der Waals surface area contributed by atoms with Crippen LogP contribution in [0.1, 0.15) is 19.8 Å². The van der Waals surface area contributed by atoms with Gasteiger partial charge in [0.2, 0.25) is 0 Å². The standard InChI is InChI=1S/C18H24ClNO6S2/c1-2-26-18(21)13-7-9-20(10-8-13)16-11-27(22,23)12-17(16)28(24,25)15-5-3-14(19)4-6-15/h3-6,13,16-17H,2,7-12H2,1H3/t16-,17-/m1/s1. The smallest absolute Gasteiger partial charge is 0.309 e. The van der Waals surface area contributed by atoms with Crippen molar-refractivity contribution in [1.82, 2.24) is 4.90 Å². The Hall–Kier alpha value is -1.16. The summed E-state index contributed by atoms with van der Waals surface area (Å²) in [6.07, 6.45) is 1.06. The van der Waals surface area contributed by atoms with E-state index in [0.717, 1.165) is 0 Å². The molecule has 0 aliphatic carbocycles. The molecule has 0 unspecified atom stereocenters. The predicted molar refractivity (Wildman–Crippen MR) is 106 cm³/mol. The molecule has 0 bridgehead atoms. The van der Waals surface area contributed by atoms with Gasteiger partial charge in [-0.05, 0) is 57.1 Å². The Bertz CT molecular complexity index is 921. The van der Waals surface area contributed by atoms with Gasteiger partial charge in [0.1, 0.15) is 0 Å². The topological polar surface area (TPSA) is 97.8 Å². The molecule has 0 N–H and O–H groups in total. The number of sulfone groups is 2. The number of benzene rings is 1. The van der Waals surface area contributed by atoms with E-state index in [1.807, 2.05) is 4.90 Å². The maximum Gasteiger partial charge on any atom is 0.309 e. The Morgan fingerprint density at radius 3 is 2.36 bits per heavy atom. The van der Waals surface area contributed by atoms with Crippen LogP contribution in [0.15, 0.2) is 29.2 Å². The molecule has 7 nitrogen and oxygen atoms in total. The number of piperidine rings is 1. The highest BCUT2D eigenvalue weighted by Crippen LogP contribution is 2.32. The van der Waals surface area contributed by atoms with E-state index in [1.165, 1.54) is 24.3 Å².